The van der Waals surface area contributed by atoms with Crippen LogP contribution in [0.25, 0.3) is 0 Å². The zero-order chi connectivity index (χ0) is 14.7. The molecule has 1 aromatic heterocycles. The number of carbonyl (C=O) groups excluding carboxylic acids is 2. The molecule has 0 saturated carbocycles. The third-order valence-corrected chi connectivity index (χ3v) is 4.24. The molecule has 0 unspecified atom stereocenters. The van der Waals surface area contributed by atoms with E-state index in [-0.39, 0.29) is 11.7 Å². The molecule has 2 rings (SSSR count). The van der Waals surface area contributed by atoms with Crippen molar-refractivity contribution in [1.82, 2.24) is 0 Å². The monoisotopic (exact) mass is 287 g/mol. The predicted molar refractivity (Wildman–Crippen MR) is 82.8 cm³/mol. The van der Waals surface area contributed by atoms with Crippen molar-refractivity contribution in [2.45, 2.75) is 27.2 Å². The zero-order valence-corrected chi connectivity index (χ0v) is 12.6. The third kappa shape index (κ3) is 3.14. The minimum absolute atomic E-state index is 0.0127. The van der Waals surface area contributed by atoms with Gasteiger partial charge in [-0.3, -0.25) is 9.59 Å². The summed E-state index contributed by atoms with van der Waals surface area (Å²) in [6.45, 7) is 5.61. The summed E-state index contributed by atoms with van der Waals surface area (Å²) in [4.78, 5) is 25.4. The fourth-order valence-electron chi connectivity index (χ4n) is 1.99. The molecule has 2 aromatic rings. The second-order valence-electron chi connectivity index (χ2n) is 4.64. The van der Waals surface area contributed by atoms with Gasteiger partial charge in [-0.25, -0.2) is 0 Å². The molecule has 0 atom stereocenters. The summed E-state index contributed by atoms with van der Waals surface area (Å²) >= 11 is 1.50. The number of nitrogens with one attached hydrogen (secondary N) is 1. The molecule has 3 nitrogen and oxygen atoms in total. The molecule has 0 radical (unpaired) electrons. The van der Waals surface area contributed by atoms with Gasteiger partial charge in [-0.15, -0.1) is 11.3 Å². The second-order valence-corrected chi connectivity index (χ2v) is 5.89. The smallest absolute Gasteiger partial charge is 0.265 e. The Hall–Kier alpha value is -1.94. The molecule has 4 heteroatoms. The van der Waals surface area contributed by atoms with Crippen molar-refractivity contribution >= 4 is 28.7 Å². The maximum atomic E-state index is 12.2. The number of amides is 1. The van der Waals surface area contributed by atoms with Crippen LogP contribution >= 0.6 is 11.3 Å². The number of anilines is 1. The minimum Gasteiger partial charge on any atom is -0.321 e. The topological polar surface area (TPSA) is 46.2 Å². The number of benzene rings is 1. The van der Waals surface area contributed by atoms with Crippen LogP contribution in [-0.2, 0) is 6.42 Å². The van der Waals surface area contributed by atoms with Gasteiger partial charge in [0.25, 0.3) is 5.91 Å². The van der Waals surface area contributed by atoms with E-state index in [2.05, 4.69) is 12.2 Å². The van der Waals surface area contributed by atoms with Crippen molar-refractivity contribution in [2.75, 3.05) is 5.32 Å². The second kappa shape index (κ2) is 6.01. The lowest BCUT2D eigenvalue weighted by molar-refractivity contribution is 0.101. The highest BCUT2D eigenvalue weighted by molar-refractivity contribution is 7.14. The fraction of sp³-hybridized carbons (Fsp3) is 0.250. The van der Waals surface area contributed by atoms with Crippen LogP contribution in [0.1, 0.15) is 44.3 Å². The van der Waals surface area contributed by atoms with Crippen molar-refractivity contribution in [1.29, 1.82) is 0 Å². The molecular weight excluding hydrogens is 270 g/mol. The predicted octanol–water partition coefficient (Wildman–Crippen LogP) is 4.07. The average molecular weight is 287 g/mol. The van der Waals surface area contributed by atoms with Crippen molar-refractivity contribution in [2.24, 2.45) is 0 Å². The number of carbonyl (C=O) groups is 2. The van der Waals surface area contributed by atoms with Crippen molar-refractivity contribution in [3.8, 4) is 0 Å². The van der Waals surface area contributed by atoms with E-state index < -0.39 is 0 Å². The van der Waals surface area contributed by atoms with Gasteiger partial charge in [0.2, 0.25) is 0 Å². The summed E-state index contributed by atoms with van der Waals surface area (Å²) < 4.78 is 0. The fourth-order valence-corrected chi connectivity index (χ4v) is 3.00. The van der Waals surface area contributed by atoms with Gasteiger partial charge < -0.3 is 5.32 Å². The Morgan fingerprint density at radius 1 is 1.25 bits per heavy atom. The lowest BCUT2D eigenvalue weighted by Gasteiger charge is -2.04. The summed E-state index contributed by atoms with van der Waals surface area (Å²) in [5.74, 6) is -0.139. The quantitative estimate of drug-likeness (QED) is 0.861. The maximum Gasteiger partial charge on any atom is 0.265 e. The van der Waals surface area contributed by atoms with Gasteiger partial charge in [0.1, 0.15) is 0 Å². The molecular formula is C16H17NO2S. The summed E-state index contributed by atoms with van der Waals surface area (Å²) in [5.41, 5.74) is 2.45. The highest BCUT2D eigenvalue weighted by atomic mass is 32.1. The Bertz CT molecular complexity index is 658. The summed E-state index contributed by atoms with van der Waals surface area (Å²) in [6.07, 6.45) is 0.926. The van der Waals surface area contributed by atoms with E-state index in [9.17, 15) is 9.59 Å². The number of hydrogen-bond donors (Lipinski definition) is 1. The molecule has 0 aliphatic rings. The molecule has 104 valence electrons. The number of aryl methyl sites for hydroxylation is 2. The lowest BCUT2D eigenvalue weighted by atomic mass is 10.1. The summed E-state index contributed by atoms with van der Waals surface area (Å²) in [6, 6.07) is 8.92. The Morgan fingerprint density at radius 3 is 2.60 bits per heavy atom. The molecule has 0 aliphatic heterocycles. The van der Waals surface area contributed by atoms with Crippen LogP contribution in [0.3, 0.4) is 0 Å². The Morgan fingerprint density at radius 2 is 2.00 bits per heavy atom. The molecule has 0 aliphatic carbocycles. The van der Waals surface area contributed by atoms with Crippen molar-refractivity contribution in [3.05, 3.63) is 51.2 Å². The van der Waals surface area contributed by atoms with Crippen LogP contribution in [0.15, 0.2) is 30.3 Å². The number of Topliss-reactive ketones (excluding diaryl/α,β-unsaturated/α-hetero) is 1. The molecule has 0 fully saturated rings. The molecule has 0 spiro atoms. The van der Waals surface area contributed by atoms with E-state index in [1.807, 2.05) is 13.0 Å². The van der Waals surface area contributed by atoms with Gasteiger partial charge in [-0.2, -0.15) is 0 Å². The highest BCUT2D eigenvalue weighted by Crippen LogP contribution is 2.23. The van der Waals surface area contributed by atoms with Gasteiger partial charge in [0.15, 0.2) is 5.78 Å². The molecule has 1 heterocycles. The van der Waals surface area contributed by atoms with Crippen LogP contribution in [0, 0.1) is 6.92 Å². The van der Waals surface area contributed by atoms with Crippen LogP contribution in [0.5, 0.6) is 0 Å². The first-order chi connectivity index (χ1) is 9.51. The summed E-state index contributed by atoms with van der Waals surface area (Å²) in [5, 5.41) is 2.84. The van der Waals surface area contributed by atoms with E-state index in [0.29, 0.717) is 16.1 Å². The van der Waals surface area contributed by atoms with E-state index in [1.165, 1.54) is 28.7 Å². The number of rotatable bonds is 4. The van der Waals surface area contributed by atoms with Gasteiger partial charge >= 0.3 is 0 Å². The molecule has 20 heavy (non-hydrogen) atoms. The zero-order valence-electron chi connectivity index (χ0n) is 11.8. The Labute approximate surface area is 122 Å². The summed E-state index contributed by atoms with van der Waals surface area (Å²) in [7, 11) is 0. The van der Waals surface area contributed by atoms with E-state index in [0.717, 1.165) is 6.42 Å². The first-order valence-electron chi connectivity index (χ1n) is 6.53. The minimum atomic E-state index is -0.126. The van der Waals surface area contributed by atoms with Gasteiger partial charge in [-0.05, 0) is 44.0 Å². The first kappa shape index (κ1) is 14.5. The van der Waals surface area contributed by atoms with Gasteiger partial charge in [0.05, 0.1) is 4.88 Å². The van der Waals surface area contributed by atoms with Crippen LogP contribution in [-0.4, -0.2) is 11.7 Å². The lowest BCUT2D eigenvalue weighted by Crippen LogP contribution is -2.10. The molecule has 1 amide bonds. The largest absolute Gasteiger partial charge is 0.321 e. The standard InChI is InChI=1S/C16H17NO2S/c1-4-12-9-15(20-11(12)3)16(19)17-14-7-5-6-13(8-14)10(2)18/h5-9H,4H2,1-3H3,(H,17,19). The van der Waals surface area contributed by atoms with E-state index >= 15 is 0 Å². The molecule has 0 saturated heterocycles. The van der Waals surface area contributed by atoms with Gasteiger partial charge in [-0.1, -0.05) is 19.1 Å². The Balaban J connectivity index is 2.18. The average Bonchev–Trinajstić information content (AvgIpc) is 2.80. The number of hydrogen-bond acceptors (Lipinski definition) is 3. The van der Waals surface area contributed by atoms with Crippen LogP contribution in [0.4, 0.5) is 5.69 Å². The highest BCUT2D eigenvalue weighted by Gasteiger charge is 2.12. The first-order valence-corrected chi connectivity index (χ1v) is 7.34. The van der Waals surface area contributed by atoms with Crippen LogP contribution < -0.4 is 5.32 Å². The third-order valence-electron chi connectivity index (χ3n) is 3.15. The van der Waals surface area contributed by atoms with Crippen LogP contribution in [0.2, 0.25) is 0 Å². The maximum absolute atomic E-state index is 12.2. The van der Waals surface area contributed by atoms with Gasteiger partial charge in [0, 0.05) is 16.1 Å². The number of ketones is 1. The molecule has 1 aromatic carbocycles. The molecule has 0 bridgehead atoms. The Kier molecular flexibility index (Phi) is 4.35. The normalized spacial score (nSPS) is 10.3. The van der Waals surface area contributed by atoms with E-state index in [4.69, 9.17) is 0 Å². The number of thiophene rings is 1. The SMILES string of the molecule is CCc1cc(C(=O)Nc2cccc(C(C)=O)c2)sc1C. The van der Waals surface area contributed by atoms with Crippen molar-refractivity contribution in [3.63, 3.8) is 0 Å². The van der Waals surface area contributed by atoms with E-state index in [1.54, 1.807) is 24.3 Å². The van der Waals surface area contributed by atoms with Crippen molar-refractivity contribution < 1.29 is 9.59 Å². The molecule has 1 N–H and O–H groups in total.